The average Bonchev–Trinajstić information content (AvgIpc) is 2.33. The van der Waals surface area contributed by atoms with Crippen LogP contribution in [0, 0.1) is 3.57 Å². The molecule has 1 aromatic heterocycles. The third-order valence-electron chi connectivity index (χ3n) is 1.53. The maximum absolute atomic E-state index is 3.06. The van der Waals surface area contributed by atoms with E-state index in [0.717, 1.165) is 0 Å². The number of hydrogen-bond acceptors (Lipinski definition) is 0. The van der Waals surface area contributed by atoms with Gasteiger partial charge in [-0.15, -0.1) is 0 Å². The highest BCUT2D eigenvalue weighted by Gasteiger charge is 1.92. The van der Waals surface area contributed by atoms with E-state index in [9.17, 15) is 0 Å². The SMILES string of the molecule is Ic1ccc2c[nH]cc2c1. The predicted octanol–water partition coefficient (Wildman–Crippen LogP) is 2.77. The largest absolute Gasteiger partial charge is 0.366 e. The van der Waals surface area contributed by atoms with Gasteiger partial charge in [0.2, 0.25) is 0 Å². The number of nitrogens with one attached hydrogen (secondary N) is 1. The molecule has 1 heterocycles. The first-order chi connectivity index (χ1) is 4.86. The molecule has 0 saturated carbocycles. The van der Waals surface area contributed by atoms with Crippen molar-refractivity contribution >= 4 is 33.4 Å². The van der Waals surface area contributed by atoms with Crippen LogP contribution < -0.4 is 0 Å². The van der Waals surface area contributed by atoms with Crippen LogP contribution in [0.25, 0.3) is 10.8 Å². The van der Waals surface area contributed by atoms with Gasteiger partial charge in [0.15, 0.2) is 0 Å². The summed E-state index contributed by atoms with van der Waals surface area (Å²) in [5.74, 6) is 0. The molecular formula is C8H6IN. The standard InChI is InChI=1S/C8H6IN/c9-8-2-1-6-4-10-5-7(6)3-8/h1-5,10H. The Morgan fingerprint density at radius 2 is 1.90 bits per heavy atom. The smallest absolute Gasteiger partial charge is 0.0137 e. The topological polar surface area (TPSA) is 15.8 Å². The fraction of sp³-hybridized carbons (Fsp3) is 0. The number of fused-ring (bicyclic) bond motifs is 1. The molecule has 50 valence electrons. The zero-order chi connectivity index (χ0) is 6.97. The number of rotatable bonds is 0. The van der Waals surface area contributed by atoms with E-state index in [2.05, 4.69) is 45.8 Å². The van der Waals surface area contributed by atoms with Crippen molar-refractivity contribution in [3.8, 4) is 0 Å². The van der Waals surface area contributed by atoms with Gasteiger partial charge in [-0.25, -0.2) is 0 Å². The summed E-state index contributed by atoms with van der Waals surface area (Å²) < 4.78 is 1.28. The normalized spacial score (nSPS) is 10.5. The van der Waals surface area contributed by atoms with Crippen molar-refractivity contribution in [3.05, 3.63) is 34.2 Å². The zero-order valence-corrected chi connectivity index (χ0v) is 7.42. The number of halogens is 1. The Hall–Kier alpha value is -0.510. The van der Waals surface area contributed by atoms with Crippen molar-refractivity contribution < 1.29 is 0 Å². The lowest BCUT2D eigenvalue weighted by Gasteiger charge is -1.88. The average molecular weight is 243 g/mol. The molecule has 0 spiro atoms. The van der Waals surface area contributed by atoms with Gasteiger partial charge in [-0.05, 0) is 40.1 Å². The molecule has 0 atom stereocenters. The quantitative estimate of drug-likeness (QED) is 0.685. The second kappa shape index (κ2) is 2.27. The lowest BCUT2D eigenvalue weighted by molar-refractivity contribution is 1.43. The highest BCUT2D eigenvalue weighted by atomic mass is 127. The molecule has 0 radical (unpaired) electrons. The van der Waals surface area contributed by atoms with Gasteiger partial charge in [-0.2, -0.15) is 0 Å². The van der Waals surface area contributed by atoms with Crippen LogP contribution in [0.5, 0.6) is 0 Å². The number of aromatic amines is 1. The fourth-order valence-electron chi connectivity index (χ4n) is 1.02. The van der Waals surface area contributed by atoms with Crippen molar-refractivity contribution in [2.24, 2.45) is 0 Å². The first-order valence-electron chi connectivity index (χ1n) is 3.08. The van der Waals surface area contributed by atoms with Gasteiger partial charge in [0, 0.05) is 21.4 Å². The van der Waals surface area contributed by atoms with E-state index < -0.39 is 0 Å². The number of hydrogen-bond donors (Lipinski definition) is 1. The van der Waals surface area contributed by atoms with Crippen LogP contribution in [-0.2, 0) is 0 Å². The number of benzene rings is 1. The second-order valence-electron chi connectivity index (χ2n) is 2.23. The maximum atomic E-state index is 3.06. The fourth-order valence-corrected chi connectivity index (χ4v) is 1.54. The molecule has 2 heteroatoms. The third kappa shape index (κ3) is 0.923. The van der Waals surface area contributed by atoms with Crippen LogP contribution in [0.15, 0.2) is 30.6 Å². The lowest BCUT2D eigenvalue weighted by atomic mass is 10.2. The van der Waals surface area contributed by atoms with Crippen molar-refractivity contribution in [2.75, 3.05) is 0 Å². The monoisotopic (exact) mass is 243 g/mol. The van der Waals surface area contributed by atoms with E-state index in [-0.39, 0.29) is 0 Å². The van der Waals surface area contributed by atoms with Gasteiger partial charge >= 0.3 is 0 Å². The Kier molecular flexibility index (Phi) is 1.41. The minimum Gasteiger partial charge on any atom is -0.366 e. The molecule has 0 saturated heterocycles. The van der Waals surface area contributed by atoms with Gasteiger partial charge < -0.3 is 4.98 Å². The summed E-state index contributed by atoms with van der Waals surface area (Å²) in [7, 11) is 0. The van der Waals surface area contributed by atoms with Crippen LogP contribution in [0.4, 0.5) is 0 Å². The molecule has 0 aliphatic rings. The molecule has 2 aromatic rings. The van der Waals surface area contributed by atoms with Crippen molar-refractivity contribution in [1.82, 2.24) is 4.98 Å². The summed E-state index contributed by atoms with van der Waals surface area (Å²) >= 11 is 2.31. The van der Waals surface area contributed by atoms with Crippen molar-refractivity contribution in [2.45, 2.75) is 0 Å². The molecule has 10 heavy (non-hydrogen) atoms. The summed E-state index contributed by atoms with van der Waals surface area (Å²) in [6.45, 7) is 0. The summed E-state index contributed by atoms with van der Waals surface area (Å²) in [6, 6.07) is 6.39. The molecule has 1 aromatic carbocycles. The molecule has 1 N–H and O–H groups in total. The Balaban J connectivity index is 2.86. The van der Waals surface area contributed by atoms with Crippen LogP contribution in [0.3, 0.4) is 0 Å². The van der Waals surface area contributed by atoms with Crippen LogP contribution in [-0.4, -0.2) is 4.98 Å². The molecule has 2 rings (SSSR count). The van der Waals surface area contributed by atoms with E-state index in [0.29, 0.717) is 0 Å². The van der Waals surface area contributed by atoms with E-state index in [1.165, 1.54) is 14.3 Å². The molecule has 0 amide bonds. The first-order valence-corrected chi connectivity index (χ1v) is 4.16. The molecular weight excluding hydrogens is 237 g/mol. The highest BCUT2D eigenvalue weighted by molar-refractivity contribution is 14.1. The molecule has 0 unspecified atom stereocenters. The summed E-state index contributed by atoms with van der Waals surface area (Å²) in [6.07, 6.45) is 4.02. The maximum Gasteiger partial charge on any atom is 0.0137 e. The van der Waals surface area contributed by atoms with Crippen molar-refractivity contribution in [1.29, 1.82) is 0 Å². The molecule has 0 aliphatic carbocycles. The van der Waals surface area contributed by atoms with Gasteiger partial charge in [0.1, 0.15) is 0 Å². The van der Waals surface area contributed by atoms with E-state index in [1.54, 1.807) is 0 Å². The molecule has 1 nitrogen and oxygen atoms in total. The lowest BCUT2D eigenvalue weighted by Crippen LogP contribution is -1.66. The zero-order valence-electron chi connectivity index (χ0n) is 5.26. The third-order valence-corrected chi connectivity index (χ3v) is 2.20. The summed E-state index contributed by atoms with van der Waals surface area (Å²) in [5, 5.41) is 2.56. The van der Waals surface area contributed by atoms with Crippen LogP contribution in [0.2, 0.25) is 0 Å². The summed E-state index contributed by atoms with van der Waals surface area (Å²) in [5.41, 5.74) is 0. The Labute approximate surface area is 72.6 Å². The molecule has 0 bridgehead atoms. The number of H-pyrrole nitrogens is 1. The van der Waals surface area contributed by atoms with Crippen LogP contribution in [0.1, 0.15) is 0 Å². The minimum atomic E-state index is 1.28. The van der Waals surface area contributed by atoms with Gasteiger partial charge in [0.05, 0.1) is 0 Å². The Morgan fingerprint density at radius 1 is 1.10 bits per heavy atom. The van der Waals surface area contributed by atoms with Crippen molar-refractivity contribution in [3.63, 3.8) is 0 Å². The van der Waals surface area contributed by atoms with Gasteiger partial charge in [-0.1, -0.05) is 6.07 Å². The van der Waals surface area contributed by atoms with E-state index >= 15 is 0 Å². The Morgan fingerprint density at radius 3 is 2.80 bits per heavy atom. The molecule has 0 fully saturated rings. The molecule has 0 aliphatic heterocycles. The van der Waals surface area contributed by atoms with Gasteiger partial charge in [-0.3, -0.25) is 0 Å². The highest BCUT2D eigenvalue weighted by Crippen LogP contribution is 2.15. The first kappa shape index (κ1) is 6.22. The van der Waals surface area contributed by atoms with Gasteiger partial charge in [0.25, 0.3) is 0 Å². The number of aromatic nitrogens is 1. The summed E-state index contributed by atoms with van der Waals surface area (Å²) in [4.78, 5) is 3.06. The Bertz CT molecular complexity index is 351. The minimum absolute atomic E-state index is 1.28. The van der Waals surface area contributed by atoms with Crippen LogP contribution >= 0.6 is 22.6 Å². The van der Waals surface area contributed by atoms with E-state index in [1.807, 2.05) is 12.4 Å². The van der Waals surface area contributed by atoms with E-state index in [4.69, 9.17) is 0 Å². The predicted molar refractivity (Wildman–Crippen MR) is 51.0 cm³/mol. The second-order valence-corrected chi connectivity index (χ2v) is 3.47.